The molecule has 0 atom stereocenters. The van der Waals surface area contributed by atoms with E-state index in [1.165, 1.54) is 12.1 Å². The number of carbonyl (C=O) groups excluding carboxylic acids is 1. The predicted molar refractivity (Wildman–Crippen MR) is 140 cm³/mol. The average molecular weight is 496 g/mol. The van der Waals surface area contributed by atoms with Crippen LogP contribution in [0.5, 0.6) is 11.5 Å². The number of pyridine rings is 1. The van der Waals surface area contributed by atoms with Crippen LogP contribution >= 0.6 is 0 Å². The molecular weight excluding hydrogens is 469 g/mol. The van der Waals surface area contributed by atoms with Gasteiger partial charge in [0.05, 0.1) is 29.8 Å². The molecule has 3 aromatic carbocycles. The Hall–Kier alpha value is -4.52. The molecule has 186 valence electrons. The predicted octanol–water partition coefficient (Wildman–Crippen LogP) is 6.87. The van der Waals surface area contributed by atoms with Crippen LogP contribution in [0.25, 0.3) is 22.3 Å². The summed E-state index contributed by atoms with van der Waals surface area (Å²) in [6.45, 7) is 6.51. The van der Waals surface area contributed by atoms with Crippen molar-refractivity contribution in [3.63, 3.8) is 0 Å². The van der Waals surface area contributed by atoms with Crippen LogP contribution in [-0.2, 0) is 11.3 Å². The van der Waals surface area contributed by atoms with Crippen molar-refractivity contribution in [1.29, 1.82) is 0 Å². The minimum absolute atomic E-state index is 0.280. The number of carbonyl (C=O) groups is 1. The molecule has 6 nitrogen and oxygen atoms in total. The summed E-state index contributed by atoms with van der Waals surface area (Å²) in [5.41, 5.74) is 5.49. The zero-order valence-corrected chi connectivity index (χ0v) is 20.9. The molecule has 0 unspecified atom stereocenters. The highest BCUT2D eigenvalue weighted by molar-refractivity contribution is 6.04. The molecular formula is C30H26FN3O3. The minimum Gasteiger partial charge on any atom is -0.462 e. The maximum atomic E-state index is 13.1. The fraction of sp³-hybridized carbons (Fsp3) is 0.167. The van der Waals surface area contributed by atoms with Crippen molar-refractivity contribution < 1.29 is 18.7 Å². The first-order chi connectivity index (χ1) is 17.9. The first-order valence-electron chi connectivity index (χ1n) is 12.1. The van der Waals surface area contributed by atoms with Crippen LogP contribution in [-0.4, -0.2) is 27.3 Å². The lowest BCUT2D eigenvalue weighted by atomic mass is 10.0. The van der Waals surface area contributed by atoms with Crippen LogP contribution in [0.3, 0.4) is 0 Å². The SMILES string of the molecule is CCOC(=O)c1cc(-c2ccc(C)cc2)nc2nn(Cc3ccc(Oc4ccc(F)cc4)cc3)c(C)c12. The van der Waals surface area contributed by atoms with E-state index >= 15 is 0 Å². The molecule has 0 amide bonds. The third-order valence-corrected chi connectivity index (χ3v) is 6.11. The van der Waals surface area contributed by atoms with E-state index in [1.54, 1.807) is 25.1 Å². The van der Waals surface area contributed by atoms with Crippen molar-refractivity contribution in [1.82, 2.24) is 14.8 Å². The van der Waals surface area contributed by atoms with Crippen LogP contribution < -0.4 is 4.74 Å². The second-order valence-corrected chi connectivity index (χ2v) is 8.78. The topological polar surface area (TPSA) is 66.2 Å². The monoisotopic (exact) mass is 495 g/mol. The van der Waals surface area contributed by atoms with Gasteiger partial charge in [-0.25, -0.2) is 14.2 Å². The molecule has 2 heterocycles. The lowest BCUT2D eigenvalue weighted by molar-refractivity contribution is 0.0528. The molecule has 2 aromatic heterocycles. The van der Waals surface area contributed by atoms with Crippen molar-refractivity contribution in [2.75, 3.05) is 6.61 Å². The molecule has 0 aliphatic rings. The second kappa shape index (κ2) is 10.2. The fourth-order valence-corrected chi connectivity index (χ4v) is 4.15. The Labute approximate surface area is 214 Å². The molecule has 5 rings (SSSR count). The summed E-state index contributed by atoms with van der Waals surface area (Å²) in [5.74, 6) is 0.501. The third-order valence-electron chi connectivity index (χ3n) is 6.11. The molecule has 0 saturated heterocycles. The van der Waals surface area contributed by atoms with Crippen LogP contribution in [0.4, 0.5) is 4.39 Å². The Morgan fingerprint density at radius 1 is 0.919 bits per heavy atom. The van der Waals surface area contributed by atoms with E-state index in [-0.39, 0.29) is 12.4 Å². The van der Waals surface area contributed by atoms with Crippen LogP contribution in [0.15, 0.2) is 78.9 Å². The number of rotatable bonds is 7. The van der Waals surface area contributed by atoms with Crippen LogP contribution in [0.1, 0.15) is 34.1 Å². The van der Waals surface area contributed by atoms with E-state index in [0.29, 0.717) is 40.3 Å². The smallest absolute Gasteiger partial charge is 0.339 e. The summed E-state index contributed by atoms with van der Waals surface area (Å²) in [5, 5.41) is 5.43. The molecule has 0 saturated carbocycles. The standard InChI is InChI=1S/C30H26FN3O3/c1-4-36-30(35)26-17-27(22-9-5-19(2)6-10-22)32-29-28(26)20(3)34(33-29)18-21-7-13-24(14-8-21)37-25-15-11-23(31)12-16-25/h5-17H,4,18H2,1-3H3. The van der Waals surface area contributed by atoms with Gasteiger partial charge in [0.15, 0.2) is 5.65 Å². The Balaban J connectivity index is 1.47. The van der Waals surface area contributed by atoms with Gasteiger partial charge in [0.1, 0.15) is 17.3 Å². The summed E-state index contributed by atoms with van der Waals surface area (Å²) in [6.07, 6.45) is 0. The fourth-order valence-electron chi connectivity index (χ4n) is 4.15. The summed E-state index contributed by atoms with van der Waals surface area (Å²) in [4.78, 5) is 17.7. The number of aryl methyl sites for hydroxylation is 2. The van der Waals surface area contributed by atoms with Gasteiger partial charge in [0.25, 0.3) is 0 Å². The number of hydrogen-bond acceptors (Lipinski definition) is 5. The van der Waals surface area contributed by atoms with Gasteiger partial charge in [-0.05, 0) is 68.8 Å². The molecule has 0 aliphatic carbocycles. The third kappa shape index (κ3) is 5.21. The van der Waals surface area contributed by atoms with Crippen molar-refractivity contribution in [3.8, 4) is 22.8 Å². The van der Waals surface area contributed by atoms with Gasteiger partial charge in [-0.1, -0.05) is 42.0 Å². The molecule has 0 radical (unpaired) electrons. The van der Waals surface area contributed by atoms with Gasteiger partial charge in [-0.15, -0.1) is 0 Å². The number of halogens is 1. The van der Waals surface area contributed by atoms with Gasteiger partial charge >= 0.3 is 5.97 Å². The van der Waals surface area contributed by atoms with Crippen LogP contribution in [0, 0.1) is 19.7 Å². The molecule has 37 heavy (non-hydrogen) atoms. The number of aromatic nitrogens is 3. The Morgan fingerprint density at radius 2 is 1.57 bits per heavy atom. The Bertz CT molecular complexity index is 1560. The quantitative estimate of drug-likeness (QED) is 0.231. The average Bonchev–Trinajstić information content (AvgIpc) is 3.21. The summed E-state index contributed by atoms with van der Waals surface area (Å²) in [7, 11) is 0. The Morgan fingerprint density at radius 3 is 2.22 bits per heavy atom. The maximum Gasteiger partial charge on any atom is 0.339 e. The summed E-state index contributed by atoms with van der Waals surface area (Å²) >= 11 is 0. The first kappa shape index (κ1) is 24.2. The largest absolute Gasteiger partial charge is 0.462 e. The number of fused-ring (bicyclic) bond motifs is 1. The van der Waals surface area contributed by atoms with Crippen molar-refractivity contribution >= 4 is 17.0 Å². The highest BCUT2D eigenvalue weighted by Gasteiger charge is 2.21. The van der Waals surface area contributed by atoms with Crippen molar-refractivity contribution in [3.05, 3.63) is 107 Å². The highest BCUT2D eigenvalue weighted by atomic mass is 19.1. The molecule has 0 fully saturated rings. The summed E-state index contributed by atoms with van der Waals surface area (Å²) < 4.78 is 26.1. The van der Waals surface area contributed by atoms with Crippen LogP contribution in [0.2, 0.25) is 0 Å². The summed E-state index contributed by atoms with van der Waals surface area (Å²) in [6, 6.07) is 23.3. The first-order valence-corrected chi connectivity index (χ1v) is 12.1. The zero-order chi connectivity index (χ0) is 25.9. The molecule has 7 heteroatoms. The van der Waals surface area contributed by atoms with E-state index in [0.717, 1.165) is 22.4 Å². The van der Waals surface area contributed by atoms with Gasteiger partial charge < -0.3 is 9.47 Å². The van der Waals surface area contributed by atoms with Gasteiger partial charge in [0, 0.05) is 11.3 Å². The molecule has 0 spiro atoms. The van der Waals surface area contributed by atoms with Crippen molar-refractivity contribution in [2.45, 2.75) is 27.3 Å². The number of nitrogens with zero attached hydrogens (tertiary/aromatic N) is 3. The van der Waals surface area contributed by atoms with E-state index in [9.17, 15) is 9.18 Å². The number of ether oxygens (including phenoxy) is 2. The van der Waals surface area contributed by atoms with Crippen molar-refractivity contribution in [2.24, 2.45) is 0 Å². The van der Waals surface area contributed by atoms with Gasteiger partial charge in [-0.3, -0.25) is 4.68 Å². The molecule has 5 aromatic rings. The van der Waals surface area contributed by atoms with E-state index in [4.69, 9.17) is 19.6 Å². The molecule has 0 aliphatic heterocycles. The van der Waals surface area contributed by atoms with E-state index in [2.05, 4.69) is 0 Å². The van der Waals surface area contributed by atoms with Gasteiger partial charge in [-0.2, -0.15) is 5.10 Å². The van der Waals surface area contributed by atoms with Gasteiger partial charge in [0.2, 0.25) is 0 Å². The molecule has 0 N–H and O–H groups in total. The highest BCUT2D eigenvalue weighted by Crippen LogP contribution is 2.29. The zero-order valence-electron chi connectivity index (χ0n) is 20.9. The number of benzene rings is 3. The Kier molecular flexibility index (Phi) is 6.68. The lowest BCUT2D eigenvalue weighted by Gasteiger charge is -2.09. The second-order valence-electron chi connectivity index (χ2n) is 8.78. The van der Waals surface area contributed by atoms with E-state index in [1.807, 2.05) is 67.1 Å². The number of esters is 1. The maximum absolute atomic E-state index is 13.1. The minimum atomic E-state index is -0.395. The normalized spacial score (nSPS) is 11.0. The van der Waals surface area contributed by atoms with E-state index < -0.39 is 5.97 Å². The lowest BCUT2D eigenvalue weighted by Crippen LogP contribution is -2.07. The number of hydrogen-bond donors (Lipinski definition) is 0. The molecule has 0 bridgehead atoms.